The van der Waals surface area contributed by atoms with Gasteiger partial charge < -0.3 is 10.2 Å². The van der Waals surface area contributed by atoms with Crippen LogP contribution >= 0.6 is 0 Å². The second-order valence-electron chi connectivity index (χ2n) is 6.04. The van der Waals surface area contributed by atoms with Gasteiger partial charge in [-0.15, -0.1) is 0 Å². The first-order valence-corrected chi connectivity index (χ1v) is 7.94. The maximum absolute atomic E-state index is 13.0. The molecule has 8 heteroatoms. The van der Waals surface area contributed by atoms with Gasteiger partial charge in [0.15, 0.2) is 11.7 Å². The van der Waals surface area contributed by atoms with E-state index in [0.717, 1.165) is 19.5 Å². The molecule has 1 atom stereocenters. The molecule has 1 aliphatic rings. The number of halogens is 3. The molecule has 1 N–H and O–H groups in total. The Morgan fingerprint density at radius 3 is 2.83 bits per heavy atom. The van der Waals surface area contributed by atoms with Crippen LogP contribution in [0, 0.1) is 5.92 Å². The zero-order valence-corrected chi connectivity index (χ0v) is 13.8. The molecule has 0 aromatic carbocycles. The first-order chi connectivity index (χ1) is 10.8. The SMILES string of the molecule is CCNC(=NCc1cn(C)nc1C(F)(F)F)N1CCCC(C)C1. The number of rotatable bonds is 3. The zero-order valence-electron chi connectivity index (χ0n) is 13.8. The molecule has 0 amide bonds. The number of hydrogen-bond acceptors (Lipinski definition) is 2. The molecule has 5 nitrogen and oxygen atoms in total. The Kier molecular flexibility index (Phi) is 5.54. The third-order valence-electron chi connectivity index (χ3n) is 3.86. The largest absolute Gasteiger partial charge is 0.435 e. The number of nitrogens with zero attached hydrogens (tertiary/aromatic N) is 4. The summed E-state index contributed by atoms with van der Waals surface area (Å²) in [6.45, 7) is 6.55. The van der Waals surface area contributed by atoms with Crippen molar-refractivity contribution in [1.82, 2.24) is 20.0 Å². The second kappa shape index (κ2) is 7.23. The molecule has 2 rings (SSSR count). The Bertz CT molecular complexity index is 550. The van der Waals surface area contributed by atoms with E-state index in [1.807, 2.05) is 6.92 Å². The lowest BCUT2D eigenvalue weighted by Crippen LogP contribution is -2.46. The minimum atomic E-state index is -4.45. The fourth-order valence-electron chi connectivity index (χ4n) is 2.86. The molecule has 2 heterocycles. The highest BCUT2D eigenvalue weighted by molar-refractivity contribution is 5.80. The molecule has 1 aromatic rings. The van der Waals surface area contributed by atoms with E-state index in [2.05, 4.69) is 27.2 Å². The highest BCUT2D eigenvalue weighted by atomic mass is 19.4. The molecular weight excluding hydrogens is 307 g/mol. The van der Waals surface area contributed by atoms with Gasteiger partial charge in [-0.2, -0.15) is 18.3 Å². The van der Waals surface area contributed by atoms with E-state index in [0.29, 0.717) is 18.4 Å². The number of aryl methyl sites for hydroxylation is 1. The van der Waals surface area contributed by atoms with E-state index in [1.54, 1.807) is 0 Å². The van der Waals surface area contributed by atoms with Gasteiger partial charge in [-0.3, -0.25) is 4.68 Å². The normalized spacial score (nSPS) is 20.0. The molecule has 1 aromatic heterocycles. The molecule has 1 saturated heterocycles. The molecule has 1 unspecified atom stereocenters. The Morgan fingerprint density at radius 2 is 2.22 bits per heavy atom. The summed E-state index contributed by atoms with van der Waals surface area (Å²) >= 11 is 0. The van der Waals surface area contributed by atoms with E-state index in [-0.39, 0.29) is 12.1 Å². The van der Waals surface area contributed by atoms with Crippen molar-refractivity contribution in [2.24, 2.45) is 18.0 Å². The van der Waals surface area contributed by atoms with Crippen LogP contribution in [-0.2, 0) is 19.8 Å². The third-order valence-corrected chi connectivity index (χ3v) is 3.86. The molecule has 0 aliphatic carbocycles. The van der Waals surface area contributed by atoms with E-state index >= 15 is 0 Å². The number of hydrogen-bond donors (Lipinski definition) is 1. The number of aliphatic imine (C=N–C) groups is 1. The Balaban J connectivity index is 2.18. The smallest absolute Gasteiger partial charge is 0.357 e. The van der Waals surface area contributed by atoms with E-state index in [9.17, 15) is 13.2 Å². The Hall–Kier alpha value is -1.73. The predicted molar refractivity (Wildman–Crippen MR) is 83.0 cm³/mol. The quantitative estimate of drug-likeness (QED) is 0.684. The van der Waals surface area contributed by atoms with Gasteiger partial charge in [-0.25, -0.2) is 4.99 Å². The summed E-state index contributed by atoms with van der Waals surface area (Å²) in [6, 6.07) is 0. The molecule has 23 heavy (non-hydrogen) atoms. The molecule has 1 aliphatic heterocycles. The summed E-state index contributed by atoms with van der Waals surface area (Å²) in [7, 11) is 1.49. The maximum atomic E-state index is 13.0. The van der Waals surface area contributed by atoms with Gasteiger partial charge in [-0.05, 0) is 25.7 Å². The minimum Gasteiger partial charge on any atom is -0.357 e. The van der Waals surface area contributed by atoms with Gasteiger partial charge >= 0.3 is 6.18 Å². The van der Waals surface area contributed by atoms with Gasteiger partial charge in [0.25, 0.3) is 0 Å². The first kappa shape index (κ1) is 17.6. The van der Waals surface area contributed by atoms with Crippen molar-refractivity contribution >= 4 is 5.96 Å². The number of piperidine rings is 1. The topological polar surface area (TPSA) is 45.5 Å². The number of alkyl halides is 3. The van der Waals surface area contributed by atoms with E-state index < -0.39 is 11.9 Å². The summed E-state index contributed by atoms with van der Waals surface area (Å²) in [4.78, 5) is 6.53. The molecule has 0 spiro atoms. The molecule has 130 valence electrons. The van der Waals surface area contributed by atoms with Gasteiger partial charge in [0, 0.05) is 38.4 Å². The van der Waals surface area contributed by atoms with Crippen molar-refractivity contribution < 1.29 is 13.2 Å². The summed E-state index contributed by atoms with van der Waals surface area (Å²) in [5.74, 6) is 1.24. The summed E-state index contributed by atoms with van der Waals surface area (Å²) in [5, 5.41) is 6.69. The summed E-state index contributed by atoms with van der Waals surface area (Å²) < 4.78 is 40.2. The fourth-order valence-corrected chi connectivity index (χ4v) is 2.86. The summed E-state index contributed by atoms with van der Waals surface area (Å²) in [6.07, 6.45) is -0.818. The van der Waals surface area contributed by atoms with Gasteiger partial charge in [-0.1, -0.05) is 6.92 Å². The van der Waals surface area contributed by atoms with Crippen molar-refractivity contribution in [3.63, 3.8) is 0 Å². The second-order valence-corrected chi connectivity index (χ2v) is 6.04. The van der Waals surface area contributed by atoms with Crippen molar-refractivity contribution in [3.05, 3.63) is 17.5 Å². The number of aromatic nitrogens is 2. The van der Waals surface area contributed by atoms with Crippen LogP contribution in [0.4, 0.5) is 13.2 Å². The van der Waals surface area contributed by atoms with Crippen LogP contribution in [0.15, 0.2) is 11.2 Å². The number of guanidine groups is 1. The van der Waals surface area contributed by atoms with Crippen molar-refractivity contribution in [1.29, 1.82) is 0 Å². The fraction of sp³-hybridized carbons (Fsp3) is 0.733. The van der Waals surface area contributed by atoms with Crippen molar-refractivity contribution in [3.8, 4) is 0 Å². The molecule has 0 radical (unpaired) electrons. The van der Waals surface area contributed by atoms with Crippen LogP contribution in [0.25, 0.3) is 0 Å². The maximum Gasteiger partial charge on any atom is 0.435 e. The van der Waals surface area contributed by atoms with Crippen LogP contribution in [0.1, 0.15) is 37.9 Å². The van der Waals surface area contributed by atoms with Crippen LogP contribution in [0.3, 0.4) is 0 Å². The average Bonchev–Trinajstić information content (AvgIpc) is 2.84. The van der Waals surface area contributed by atoms with Crippen molar-refractivity contribution in [2.45, 2.75) is 39.4 Å². The van der Waals surface area contributed by atoms with Crippen LogP contribution in [0.5, 0.6) is 0 Å². The standard InChI is InChI=1S/C15H24F3N5/c1-4-19-14(23-7-5-6-11(2)9-23)20-8-12-10-22(3)21-13(12)15(16,17)18/h10-11H,4-9H2,1-3H3,(H,19,20). The number of likely N-dealkylation sites (tertiary alicyclic amines) is 1. The lowest BCUT2D eigenvalue weighted by atomic mass is 10.0. The van der Waals surface area contributed by atoms with E-state index in [1.165, 1.54) is 24.3 Å². The van der Waals surface area contributed by atoms with Crippen molar-refractivity contribution in [2.75, 3.05) is 19.6 Å². The summed E-state index contributed by atoms with van der Waals surface area (Å²) in [5.41, 5.74) is -0.757. The highest BCUT2D eigenvalue weighted by Crippen LogP contribution is 2.30. The predicted octanol–water partition coefficient (Wildman–Crippen LogP) is 2.64. The van der Waals surface area contributed by atoms with E-state index in [4.69, 9.17) is 0 Å². The number of nitrogens with one attached hydrogen (secondary N) is 1. The Morgan fingerprint density at radius 1 is 1.48 bits per heavy atom. The molecule has 1 fully saturated rings. The van der Waals surface area contributed by atoms with Crippen LogP contribution in [-0.4, -0.2) is 40.3 Å². The van der Waals surface area contributed by atoms with Crippen LogP contribution in [0.2, 0.25) is 0 Å². The Labute approximate surface area is 134 Å². The average molecular weight is 331 g/mol. The minimum absolute atomic E-state index is 0.0318. The highest BCUT2D eigenvalue weighted by Gasteiger charge is 2.36. The molecule has 0 bridgehead atoms. The first-order valence-electron chi connectivity index (χ1n) is 7.94. The molecular formula is C15H24F3N5. The monoisotopic (exact) mass is 331 g/mol. The molecule has 0 saturated carbocycles. The third kappa shape index (κ3) is 4.62. The van der Waals surface area contributed by atoms with Gasteiger partial charge in [0.1, 0.15) is 0 Å². The lowest BCUT2D eigenvalue weighted by Gasteiger charge is -2.33. The van der Waals surface area contributed by atoms with Gasteiger partial charge in [0.2, 0.25) is 0 Å². The lowest BCUT2D eigenvalue weighted by molar-refractivity contribution is -0.142. The van der Waals surface area contributed by atoms with Crippen LogP contribution < -0.4 is 5.32 Å². The van der Waals surface area contributed by atoms with Gasteiger partial charge in [0.05, 0.1) is 6.54 Å². The zero-order chi connectivity index (χ0) is 17.0.